The molecule has 1 saturated heterocycles. The minimum absolute atomic E-state index is 0.00315. The summed E-state index contributed by atoms with van der Waals surface area (Å²) in [6, 6.07) is 4.50. The second-order valence-electron chi connectivity index (χ2n) is 9.50. The number of halogens is 4. The van der Waals surface area contributed by atoms with E-state index in [1.807, 2.05) is 4.90 Å². The first-order valence-electron chi connectivity index (χ1n) is 12.0. The Hall–Kier alpha value is -2.58. The van der Waals surface area contributed by atoms with E-state index in [0.717, 1.165) is 22.3 Å². The summed E-state index contributed by atoms with van der Waals surface area (Å²) in [5.41, 5.74) is 0.750. The minimum atomic E-state index is -4.29. The molecular formula is C24H27ClF3N5O4S2. The van der Waals surface area contributed by atoms with Gasteiger partial charge in [0.2, 0.25) is 15.9 Å². The summed E-state index contributed by atoms with van der Waals surface area (Å²) in [5, 5.41) is -0.160. The summed E-state index contributed by atoms with van der Waals surface area (Å²) in [5.74, 6) is -0.180. The molecule has 212 valence electrons. The molecule has 0 aliphatic carbocycles. The van der Waals surface area contributed by atoms with Crippen LogP contribution < -0.4 is 4.31 Å². The van der Waals surface area contributed by atoms with Crippen molar-refractivity contribution in [2.24, 2.45) is 15.9 Å². The molecular weight excluding hydrogens is 579 g/mol. The summed E-state index contributed by atoms with van der Waals surface area (Å²) >= 11 is 7.49. The van der Waals surface area contributed by atoms with Gasteiger partial charge in [-0.15, -0.1) is 11.8 Å². The fourth-order valence-electron chi connectivity index (χ4n) is 4.61. The number of amides is 1. The topological polar surface area (TPSA) is 103 Å². The van der Waals surface area contributed by atoms with Gasteiger partial charge in [0.15, 0.2) is 0 Å². The second kappa shape index (κ2) is 11.5. The second-order valence-corrected chi connectivity index (χ2v) is 13.1. The molecule has 0 N–H and O–H groups in total. The van der Waals surface area contributed by atoms with E-state index in [1.54, 1.807) is 17.0 Å². The van der Waals surface area contributed by atoms with E-state index >= 15 is 0 Å². The van der Waals surface area contributed by atoms with Gasteiger partial charge in [-0.3, -0.25) is 18.9 Å². The Bertz CT molecular complexity index is 1340. The highest BCUT2D eigenvalue weighted by Gasteiger charge is 2.40. The Morgan fingerprint density at radius 1 is 1.21 bits per heavy atom. The standard InChI is InChI=1S/C24H27ClF3N5O4S2/c1-15(34)13-33(39(2,36)37)17-4-3-16(20(25)10-17)9-21(35)31-5-7-32(8-6-31)22-19-11-18(12-24(26,27)28)38-23(19)30-14-29-22/h3-4,10-11,14,19,23H,5-9,12-13H2,1-2H3. The van der Waals surface area contributed by atoms with Gasteiger partial charge in [0.25, 0.3) is 0 Å². The lowest BCUT2D eigenvalue weighted by Gasteiger charge is -2.39. The summed E-state index contributed by atoms with van der Waals surface area (Å²) in [6.45, 7) is 2.69. The first kappa shape index (κ1) is 29.4. The molecule has 3 heterocycles. The van der Waals surface area contributed by atoms with Crippen LogP contribution >= 0.6 is 23.4 Å². The van der Waals surface area contributed by atoms with Crippen LogP contribution in [0.3, 0.4) is 0 Å². The molecule has 39 heavy (non-hydrogen) atoms. The van der Waals surface area contributed by atoms with Crippen molar-refractivity contribution in [3.8, 4) is 0 Å². The van der Waals surface area contributed by atoms with E-state index in [1.165, 1.54) is 25.4 Å². The zero-order chi connectivity index (χ0) is 28.5. The van der Waals surface area contributed by atoms with Gasteiger partial charge >= 0.3 is 6.18 Å². The Balaban J connectivity index is 1.37. The van der Waals surface area contributed by atoms with Gasteiger partial charge in [-0.1, -0.05) is 23.7 Å². The maximum Gasteiger partial charge on any atom is 0.393 e. The Kier molecular flexibility index (Phi) is 8.67. The monoisotopic (exact) mass is 605 g/mol. The number of thioether (sulfide) groups is 1. The number of rotatable bonds is 7. The molecule has 1 fully saturated rings. The van der Waals surface area contributed by atoms with Crippen LogP contribution in [0.25, 0.3) is 0 Å². The molecule has 0 saturated carbocycles. The number of aliphatic imine (C=N–C) groups is 2. The van der Waals surface area contributed by atoms with Crippen LogP contribution in [0.4, 0.5) is 18.9 Å². The molecule has 3 aliphatic rings. The summed E-state index contributed by atoms with van der Waals surface area (Å²) in [4.78, 5) is 37.0. The van der Waals surface area contributed by atoms with Gasteiger partial charge in [-0.25, -0.2) is 13.4 Å². The number of allylic oxidation sites excluding steroid dienone is 1. The molecule has 3 aliphatic heterocycles. The molecule has 15 heteroatoms. The zero-order valence-electron chi connectivity index (χ0n) is 21.2. The molecule has 0 radical (unpaired) electrons. The van der Waals surface area contributed by atoms with Crippen molar-refractivity contribution in [2.75, 3.05) is 43.3 Å². The first-order chi connectivity index (χ1) is 18.2. The number of carbonyl (C=O) groups excluding carboxylic acids is 2. The summed E-state index contributed by atoms with van der Waals surface area (Å²) in [7, 11) is -3.71. The number of Topliss-reactive ketones (excluding diaryl/α,β-unsaturated/α-hetero) is 1. The molecule has 0 spiro atoms. The molecule has 9 nitrogen and oxygen atoms in total. The third-order valence-electron chi connectivity index (χ3n) is 6.41. The van der Waals surface area contributed by atoms with Gasteiger partial charge in [0.05, 0.1) is 37.2 Å². The van der Waals surface area contributed by atoms with Crippen molar-refractivity contribution in [1.82, 2.24) is 9.80 Å². The smallest absolute Gasteiger partial charge is 0.356 e. The molecule has 0 bridgehead atoms. The van der Waals surface area contributed by atoms with E-state index in [4.69, 9.17) is 11.6 Å². The number of hydrogen-bond donors (Lipinski definition) is 0. The van der Waals surface area contributed by atoms with Crippen LogP contribution in [0.2, 0.25) is 5.02 Å². The van der Waals surface area contributed by atoms with E-state index in [0.29, 0.717) is 37.6 Å². The summed E-state index contributed by atoms with van der Waals surface area (Å²) < 4.78 is 63.8. The van der Waals surface area contributed by atoms with Gasteiger partial charge in [0, 0.05) is 31.2 Å². The quantitative estimate of drug-likeness (QED) is 0.472. The Morgan fingerprint density at radius 3 is 2.49 bits per heavy atom. The molecule has 0 aromatic heterocycles. The predicted octanol–water partition coefficient (Wildman–Crippen LogP) is 3.35. The Labute approximate surface area is 233 Å². The van der Waals surface area contributed by atoms with Gasteiger partial charge in [-0.05, 0) is 29.5 Å². The van der Waals surface area contributed by atoms with Crippen molar-refractivity contribution >= 4 is 62.9 Å². The molecule has 1 amide bonds. The molecule has 1 aromatic rings. The van der Waals surface area contributed by atoms with Gasteiger partial charge in [-0.2, -0.15) is 13.2 Å². The fraction of sp³-hybridized carbons (Fsp3) is 0.500. The van der Waals surface area contributed by atoms with Crippen LogP contribution in [-0.4, -0.2) is 92.6 Å². The van der Waals surface area contributed by atoms with Crippen LogP contribution in [0.5, 0.6) is 0 Å². The van der Waals surface area contributed by atoms with Crippen LogP contribution in [0.1, 0.15) is 18.9 Å². The number of benzene rings is 1. The fourth-order valence-corrected chi connectivity index (χ4v) is 7.01. The number of carbonyl (C=O) groups is 2. The number of fused-ring (bicyclic) bond motifs is 1. The molecule has 2 unspecified atom stereocenters. The van der Waals surface area contributed by atoms with Crippen LogP contribution in [0, 0.1) is 5.92 Å². The van der Waals surface area contributed by atoms with Crippen molar-refractivity contribution < 1.29 is 31.2 Å². The van der Waals surface area contributed by atoms with E-state index in [2.05, 4.69) is 9.98 Å². The maximum absolute atomic E-state index is 13.0. The maximum atomic E-state index is 13.0. The SMILES string of the molecule is CC(=O)CN(c1ccc(CC(=O)N2CCN(C3=NC=NC4SC(CC(F)(F)F)=CC34)CC2)c(Cl)c1)S(C)(=O)=O. The number of anilines is 1. The number of nitrogens with zero attached hydrogens (tertiary/aromatic N) is 5. The average Bonchev–Trinajstić information content (AvgIpc) is 3.24. The highest BCUT2D eigenvalue weighted by atomic mass is 35.5. The number of piperazine rings is 1. The largest absolute Gasteiger partial charge is 0.393 e. The zero-order valence-corrected chi connectivity index (χ0v) is 23.6. The molecule has 2 atom stereocenters. The average molecular weight is 606 g/mol. The summed E-state index contributed by atoms with van der Waals surface area (Å²) in [6.07, 6.45) is -1.28. The van der Waals surface area contributed by atoms with Crippen LogP contribution in [-0.2, 0) is 26.0 Å². The lowest BCUT2D eigenvalue weighted by molar-refractivity contribution is -0.131. The normalized spacial score (nSPS) is 21.4. The van der Waals surface area contributed by atoms with E-state index in [-0.39, 0.29) is 51.6 Å². The molecule has 1 aromatic carbocycles. The third-order valence-corrected chi connectivity index (χ3v) is 9.14. The number of hydrogen-bond acceptors (Lipinski definition) is 8. The number of alkyl halides is 3. The number of ketones is 1. The highest BCUT2D eigenvalue weighted by molar-refractivity contribution is 8.04. The predicted molar refractivity (Wildman–Crippen MR) is 146 cm³/mol. The third kappa shape index (κ3) is 7.34. The number of amidine groups is 1. The lowest BCUT2D eigenvalue weighted by Crippen LogP contribution is -2.53. The van der Waals surface area contributed by atoms with Crippen molar-refractivity contribution in [3.63, 3.8) is 0 Å². The lowest BCUT2D eigenvalue weighted by atomic mass is 10.0. The van der Waals surface area contributed by atoms with Crippen molar-refractivity contribution in [1.29, 1.82) is 0 Å². The van der Waals surface area contributed by atoms with Gasteiger partial charge in [0.1, 0.15) is 23.3 Å². The number of sulfonamides is 1. The first-order valence-corrected chi connectivity index (χ1v) is 15.1. The Morgan fingerprint density at radius 2 is 1.90 bits per heavy atom. The molecule has 4 rings (SSSR count). The van der Waals surface area contributed by atoms with E-state index < -0.39 is 22.6 Å². The van der Waals surface area contributed by atoms with Crippen molar-refractivity contribution in [2.45, 2.75) is 31.3 Å². The van der Waals surface area contributed by atoms with Crippen molar-refractivity contribution in [3.05, 3.63) is 39.8 Å². The highest BCUT2D eigenvalue weighted by Crippen LogP contribution is 2.44. The minimum Gasteiger partial charge on any atom is -0.356 e. The van der Waals surface area contributed by atoms with Gasteiger partial charge < -0.3 is 9.80 Å². The van der Waals surface area contributed by atoms with Crippen LogP contribution in [0.15, 0.2) is 39.2 Å². The van der Waals surface area contributed by atoms with E-state index in [9.17, 15) is 31.2 Å².